The van der Waals surface area contributed by atoms with E-state index in [2.05, 4.69) is 40.0 Å². The molecule has 0 saturated heterocycles. The molecular formula is C22H20N6OS. The van der Waals surface area contributed by atoms with Crippen molar-refractivity contribution in [2.24, 2.45) is 0 Å². The molecule has 30 heavy (non-hydrogen) atoms. The maximum Gasteiger partial charge on any atom is 0.160 e. The number of fused-ring (bicyclic) bond motifs is 2. The molecule has 0 aliphatic heterocycles. The molecule has 0 aliphatic rings. The van der Waals surface area contributed by atoms with Crippen LogP contribution < -0.4 is 5.32 Å². The number of aromatic nitrogens is 5. The van der Waals surface area contributed by atoms with Gasteiger partial charge in [0.25, 0.3) is 0 Å². The number of benzene rings is 1. The second-order valence-electron chi connectivity index (χ2n) is 6.97. The molecule has 0 amide bonds. The van der Waals surface area contributed by atoms with E-state index in [9.17, 15) is 0 Å². The number of pyridine rings is 1. The van der Waals surface area contributed by atoms with Crippen LogP contribution in [0.25, 0.3) is 27.0 Å². The highest BCUT2D eigenvalue weighted by molar-refractivity contribution is 7.17. The summed E-state index contributed by atoms with van der Waals surface area (Å²) in [6, 6.07) is 16.0. The van der Waals surface area contributed by atoms with Gasteiger partial charge in [-0.15, -0.1) is 21.5 Å². The minimum atomic E-state index is -0.112. The zero-order valence-corrected chi connectivity index (χ0v) is 17.4. The molecule has 0 bridgehead atoms. The zero-order chi connectivity index (χ0) is 20.5. The Kier molecular flexibility index (Phi) is 4.86. The second-order valence-corrected chi connectivity index (χ2v) is 7.83. The minimum Gasteiger partial charge on any atom is -0.377 e. The first-order valence-corrected chi connectivity index (χ1v) is 10.5. The largest absolute Gasteiger partial charge is 0.377 e. The van der Waals surface area contributed by atoms with Crippen molar-refractivity contribution in [3.8, 4) is 11.1 Å². The van der Waals surface area contributed by atoms with E-state index in [0.29, 0.717) is 12.4 Å². The molecule has 7 nitrogen and oxygen atoms in total. The Labute approximate surface area is 177 Å². The van der Waals surface area contributed by atoms with E-state index in [0.717, 1.165) is 38.6 Å². The smallest absolute Gasteiger partial charge is 0.160 e. The fourth-order valence-corrected chi connectivity index (χ4v) is 4.51. The van der Waals surface area contributed by atoms with Gasteiger partial charge in [-0.05, 0) is 24.6 Å². The molecule has 0 saturated carbocycles. The van der Waals surface area contributed by atoms with Crippen LogP contribution in [0.1, 0.15) is 24.6 Å². The van der Waals surface area contributed by atoms with Crippen molar-refractivity contribution in [1.82, 2.24) is 24.6 Å². The van der Waals surface area contributed by atoms with Crippen molar-refractivity contribution in [3.63, 3.8) is 0 Å². The summed E-state index contributed by atoms with van der Waals surface area (Å²) in [6.07, 6.45) is 1.97. The quantitative estimate of drug-likeness (QED) is 0.432. The van der Waals surface area contributed by atoms with Gasteiger partial charge in [-0.3, -0.25) is 4.40 Å². The van der Waals surface area contributed by atoms with Gasteiger partial charge in [0.05, 0.1) is 11.4 Å². The van der Waals surface area contributed by atoms with Crippen LogP contribution in [-0.4, -0.2) is 31.7 Å². The van der Waals surface area contributed by atoms with Gasteiger partial charge in [0, 0.05) is 24.3 Å². The first kappa shape index (κ1) is 18.7. The molecule has 0 fully saturated rings. The average Bonchev–Trinajstić information content (AvgIpc) is 3.39. The number of hydrogen-bond donors (Lipinski definition) is 1. The van der Waals surface area contributed by atoms with Gasteiger partial charge in [-0.2, -0.15) is 0 Å². The number of ether oxygens (including phenoxy) is 1. The number of thiophene rings is 1. The molecule has 0 spiro atoms. The Morgan fingerprint density at radius 2 is 1.90 bits per heavy atom. The predicted octanol–water partition coefficient (Wildman–Crippen LogP) is 4.72. The van der Waals surface area contributed by atoms with Gasteiger partial charge in [0.1, 0.15) is 17.3 Å². The van der Waals surface area contributed by atoms with Crippen molar-refractivity contribution in [3.05, 3.63) is 71.8 Å². The molecular weight excluding hydrogens is 396 g/mol. The SMILES string of the molecule is COCc1nc(NC(C)c2nnc3ccccn23)c2c(-c3ccccc3)csc2n1. The van der Waals surface area contributed by atoms with Crippen LogP contribution in [-0.2, 0) is 11.3 Å². The fraction of sp³-hybridized carbons (Fsp3) is 0.182. The fourth-order valence-electron chi connectivity index (χ4n) is 3.54. The minimum absolute atomic E-state index is 0.112. The Balaban J connectivity index is 1.62. The van der Waals surface area contributed by atoms with Gasteiger partial charge in [-0.1, -0.05) is 36.4 Å². The third-order valence-electron chi connectivity index (χ3n) is 4.92. The highest BCUT2D eigenvalue weighted by Crippen LogP contribution is 2.38. The van der Waals surface area contributed by atoms with Crippen LogP contribution in [0, 0.1) is 0 Å². The highest BCUT2D eigenvalue weighted by atomic mass is 32.1. The van der Waals surface area contributed by atoms with Crippen molar-refractivity contribution < 1.29 is 4.74 Å². The summed E-state index contributed by atoms with van der Waals surface area (Å²) in [6.45, 7) is 2.41. The van der Waals surface area contributed by atoms with Crippen LogP contribution in [0.2, 0.25) is 0 Å². The molecule has 0 aliphatic carbocycles. The topological polar surface area (TPSA) is 77.2 Å². The summed E-state index contributed by atoms with van der Waals surface area (Å²) in [5, 5.41) is 15.3. The van der Waals surface area contributed by atoms with Crippen molar-refractivity contribution in [2.45, 2.75) is 19.6 Å². The van der Waals surface area contributed by atoms with Crippen molar-refractivity contribution in [1.29, 1.82) is 0 Å². The third-order valence-corrected chi connectivity index (χ3v) is 5.79. The normalized spacial score (nSPS) is 12.5. The van der Waals surface area contributed by atoms with Crippen LogP contribution >= 0.6 is 11.3 Å². The summed E-state index contributed by atoms with van der Waals surface area (Å²) in [5.74, 6) is 2.24. The Bertz CT molecular complexity index is 1310. The summed E-state index contributed by atoms with van der Waals surface area (Å²) in [4.78, 5) is 10.4. The summed E-state index contributed by atoms with van der Waals surface area (Å²) in [5.41, 5.74) is 3.06. The van der Waals surface area contributed by atoms with Gasteiger partial charge >= 0.3 is 0 Å². The second kappa shape index (κ2) is 7.81. The van der Waals surface area contributed by atoms with E-state index in [4.69, 9.17) is 14.7 Å². The molecule has 1 N–H and O–H groups in total. The highest BCUT2D eigenvalue weighted by Gasteiger charge is 2.19. The molecule has 1 aromatic carbocycles. The lowest BCUT2D eigenvalue weighted by Gasteiger charge is -2.15. The number of anilines is 1. The van der Waals surface area contributed by atoms with E-state index in [1.54, 1.807) is 18.4 Å². The van der Waals surface area contributed by atoms with E-state index in [1.165, 1.54) is 0 Å². The van der Waals surface area contributed by atoms with E-state index in [-0.39, 0.29) is 6.04 Å². The first-order chi connectivity index (χ1) is 14.7. The van der Waals surface area contributed by atoms with Crippen molar-refractivity contribution in [2.75, 3.05) is 12.4 Å². The van der Waals surface area contributed by atoms with Crippen LogP contribution in [0.5, 0.6) is 0 Å². The summed E-state index contributed by atoms with van der Waals surface area (Å²) >= 11 is 1.61. The van der Waals surface area contributed by atoms with Gasteiger partial charge < -0.3 is 10.1 Å². The molecule has 1 atom stereocenters. The van der Waals surface area contributed by atoms with E-state index in [1.807, 2.05) is 47.0 Å². The lowest BCUT2D eigenvalue weighted by atomic mass is 10.1. The Morgan fingerprint density at radius 3 is 2.73 bits per heavy atom. The Hall–Kier alpha value is -3.36. The van der Waals surface area contributed by atoms with Crippen LogP contribution in [0.15, 0.2) is 60.1 Å². The Morgan fingerprint density at radius 1 is 1.07 bits per heavy atom. The van der Waals surface area contributed by atoms with Crippen molar-refractivity contribution >= 4 is 33.0 Å². The number of hydrogen-bond acceptors (Lipinski definition) is 7. The lowest BCUT2D eigenvalue weighted by molar-refractivity contribution is 0.178. The van der Waals surface area contributed by atoms with E-state index < -0.39 is 0 Å². The van der Waals surface area contributed by atoms with Gasteiger partial charge in [0.15, 0.2) is 17.3 Å². The van der Waals surface area contributed by atoms with Gasteiger partial charge in [-0.25, -0.2) is 9.97 Å². The summed E-state index contributed by atoms with van der Waals surface area (Å²) in [7, 11) is 1.65. The molecule has 150 valence electrons. The average molecular weight is 417 g/mol. The molecule has 0 radical (unpaired) electrons. The standard InChI is InChI=1S/C22H20N6OS/c1-14(21-27-26-18-10-6-7-11-28(18)21)23-20-19-16(15-8-4-3-5-9-15)13-30-22(19)25-17(24-20)12-29-2/h3-11,13-14H,12H2,1-2H3,(H,23,24,25). The number of methoxy groups -OCH3 is 1. The third kappa shape index (κ3) is 3.30. The first-order valence-electron chi connectivity index (χ1n) is 9.63. The molecule has 4 heterocycles. The van der Waals surface area contributed by atoms with Gasteiger partial charge in [0.2, 0.25) is 0 Å². The number of nitrogens with one attached hydrogen (secondary N) is 1. The zero-order valence-electron chi connectivity index (χ0n) is 16.6. The predicted molar refractivity (Wildman–Crippen MR) is 119 cm³/mol. The monoisotopic (exact) mass is 416 g/mol. The molecule has 8 heteroatoms. The van der Waals surface area contributed by atoms with Crippen LogP contribution in [0.3, 0.4) is 0 Å². The number of rotatable bonds is 6. The summed E-state index contributed by atoms with van der Waals surface area (Å²) < 4.78 is 7.27. The maximum absolute atomic E-state index is 5.28. The van der Waals surface area contributed by atoms with E-state index >= 15 is 0 Å². The molecule has 4 aromatic heterocycles. The number of nitrogens with zero attached hydrogens (tertiary/aromatic N) is 5. The molecule has 1 unspecified atom stereocenters. The lowest BCUT2D eigenvalue weighted by Crippen LogP contribution is -2.13. The van der Waals surface area contributed by atoms with Crippen LogP contribution in [0.4, 0.5) is 5.82 Å². The molecule has 5 aromatic rings. The molecule has 5 rings (SSSR count). The maximum atomic E-state index is 5.28.